The van der Waals surface area contributed by atoms with Crippen LogP contribution in [0.5, 0.6) is 0 Å². The van der Waals surface area contributed by atoms with E-state index < -0.39 is 11.9 Å². The Morgan fingerprint density at radius 1 is 1.62 bits per heavy atom. The second kappa shape index (κ2) is 5.60. The molecule has 0 aliphatic carbocycles. The van der Waals surface area contributed by atoms with Gasteiger partial charge in [-0.15, -0.1) is 6.42 Å². The first kappa shape index (κ1) is 12.0. The lowest BCUT2D eigenvalue weighted by Crippen LogP contribution is -2.41. The largest absolute Gasteiger partial charge is 0.481 e. The van der Waals surface area contributed by atoms with Gasteiger partial charge in [0.2, 0.25) is 0 Å². The SMILES string of the molecule is C#CC(CC)NC(C)C(C)C(=O)O. The van der Waals surface area contributed by atoms with Crippen molar-refractivity contribution in [2.75, 3.05) is 0 Å². The average molecular weight is 183 g/mol. The molecule has 3 heteroatoms. The van der Waals surface area contributed by atoms with Crippen molar-refractivity contribution in [3.63, 3.8) is 0 Å². The molecular weight excluding hydrogens is 166 g/mol. The number of terminal acetylenes is 1. The van der Waals surface area contributed by atoms with Crippen molar-refractivity contribution < 1.29 is 9.90 Å². The molecule has 0 saturated heterocycles. The van der Waals surface area contributed by atoms with Crippen LogP contribution < -0.4 is 5.32 Å². The highest BCUT2D eigenvalue weighted by Crippen LogP contribution is 2.04. The Kier molecular flexibility index (Phi) is 5.17. The van der Waals surface area contributed by atoms with Gasteiger partial charge >= 0.3 is 5.97 Å². The van der Waals surface area contributed by atoms with Gasteiger partial charge in [-0.3, -0.25) is 4.79 Å². The van der Waals surface area contributed by atoms with Crippen molar-refractivity contribution in [3.05, 3.63) is 0 Å². The summed E-state index contributed by atoms with van der Waals surface area (Å²) < 4.78 is 0. The van der Waals surface area contributed by atoms with Crippen LogP contribution in [0.2, 0.25) is 0 Å². The van der Waals surface area contributed by atoms with E-state index in [9.17, 15) is 4.79 Å². The lowest BCUT2D eigenvalue weighted by atomic mass is 10.0. The summed E-state index contributed by atoms with van der Waals surface area (Å²) in [5, 5.41) is 11.8. The summed E-state index contributed by atoms with van der Waals surface area (Å²) in [5.41, 5.74) is 0. The van der Waals surface area contributed by atoms with E-state index in [1.165, 1.54) is 0 Å². The third-order valence-electron chi connectivity index (χ3n) is 2.21. The molecular formula is C10H17NO2. The highest BCUT2D eigenvalue weighted by atomic mass is 16.4. The summed E-state index contributed by atoms with van der Waals surface area (Å²) >= 11 is 0. The lowest BCUT2D eigenvalue weighted by molar-refractivity contribution is -0.141. The first-order valence-electron chi connectivity index (χ1n) is 4.47. The Morgan fingerprint density at radius 3 is 2.46 bits per heavy atom. The first-order valence-corrected chi connectivity index (χ1v) is 4.47. The maximum atomic E-state index is 10.6. The quantitative estimate of drug-likeness (QED) is 0.627. The number of carboxylic acids is 1. The van der Waals surface area contributed by atoms with Gasteiger partial charge in [-0.05, 0) is 13.3 Å². The molecule has 0 radical (unpaired) electrons. The summed E-state index contributed by atoms with van der Waals surface area (Å²) in [6, 6.07) is -0.129. The van der Waals surface area contributed by atoms with Crippen LogP contribution in [0.25, 0.3) is 0 Å². The molecule has 0 heterocycles. The maximum absolute atomic E-state index is 10.6. The van der Waals surface area contributed by atoms with Crippen LogP contribution in [-0.4, -0.2) is 23.2 Å². The second-order valence-electron chi connectivity index (χ2n) is 3.21. The Morgan fingerprint density at radius 2 is 2.15 bits per heavy atom. The number of aliphatic carboxylic acids is 1. The summed E-state index contributed by atoms with van der Waals surface area (Å²) in [6.45, 7) is 5.47. The number of nitrogens with one attached hydrogen (secondary N) is 1. The number of carbonyl (C=O) groups is 1. The van der Waals surface area contributed by atoms with E-state index in [2.05, 4.69) is 11.2 Å². The van der Waals surface area contributed by atoms with Gasteiger partial charge in [0.15, 0.2) is 0 Å². The zero-order chi connectivity index (χ0) is 10.4. The van der Waals surface area contributed by atoms with Crippen molar-refractivity contribution in [1.82, 2.24) is 5.32 Å². The topological polar surface area (TPSA) is 49.3 Å². The highest BCUT2D eigenvalue weighted by molar-refractivity contribution is 5.70. The van der Waals surface area contributed by atoms with Crippen molar-refractivity contribution in [2.24, 2.45) is 5.92 Å². The number of rotatable bonds is 5. The molecule has 0 aliphatic rings. The molecule has 0 aromatic carbocycles. The Balaban J connectivity index is 4.06. The van der Waals surface area contributed by atoms with Crippen LogP contribution >= 0.6 is 0 Å². The Bertz CT molecular complexity index is 207. The van der Waals surface area contributed by atoms with E-state index in [1.54, 1.807) is 6.92 Å². The molecule has 0 bridgehead atoms. The van der Waals surface area contributed by atoms with Crippen LogP contribution in [0.3, 0.4) is 0 Å². The van der Waals surface area contributed by atoms with Gasteiger partial charge in [0.25, 0.3) is 0 Å². The third kappa shape index (κ3) is 3.95. The Labute approximate surface area is 79.5 Å². The number of hydrogen-bond donors (Lipinski definition) is 2. The predicted molar refractivity (Wildman–Crippen MR) is 52.3 cm³/mol. The van der Waals surface area contributed by atoms with Crippen LogP contribution in [0.1, 0.15) is 27.2 Å². The number of carboxylic acid groups (broad SMARTS) is 1. The van der Waals surface area contributed by atoms with E-state index in [-0.39, 0.29) is 12.1 Å². The van der Waals surface area contributed by atoms with Crippen molar-refractivity contribution in [1.29, 1.82) is 0 Å². The van der Waals surface area contributed by atoms with Crippen LogP contribution in [-0.2, 0) is 4.79 Å². The van der Waals surface area contributed by atoms with Gasteiger partial charge in [0.05, 0.1) is 12.0 Å². The van der Waals surface area contributed by atoms with E-state index >= 15 is 0 Å². The molecule has 3 atom stereocenters. The normalized spacial score (nSPS) is 17.1. The smallest absolute Gasteiger partial charge is 0.307 e. The van der Waals surface area contributed by atoms with Gasteiger partial charge in [0, 0.05) is 6.04 Å². The zero-order valence-electron chi connectivity index (χ0n) is 8.37. The predicted octanol–water partition coefficient (Wildman–Crippen LogP) is 1.10. The summed E-state index contributed by atoms with van der Waals surface area (Å²) in [6.07, 6.45) is 6.06. The molecule has 0 aromatic heterocycles. The number of hydrogen-bond acceptors (Lipinski definition) is 2. The van der Waals surface area contributed by atoms with E-state index in [0.29, 0.717) is 0 Å². The van der Waals surface area contributed by atoms with Gasteiger partial charge in [0.1, 0.15) is 0 Å². The molecule has 0 rings (SSSR count). The molecule has 0 fully saturated rings. The van der Waals surface area contributed by atoms with Gasteiger partial charge in [-0.1, -0.05) is 19.8 Å². The molecule has 13 heavy (non-hydrogen) atoms. The molecule has 0 aliphatic heterocycles. The minimum atomic E-state index is -0.799. The summed E-state index contributed by atoms with van der Waals surface area (Å²) in [7, 11) is 0. The first-order chi connectivity index (χ1) is 6.02. The van der Waals surface area contributed by atoms with Crippen molar-refractivity contribution >= 4 is 5.97 Å². The zero-order valence-corrected chi connectivity index (χ0v) is 8.37. The van der Waals surface area contributed by atoms with Crippen LogP contribution in [0, 0.1) is 18.3 Å². The monoisotopic (exact) mass is 183 g/mol. The molecule has 0 aromatic rings. The van der Waals surface area contributed by atoms with E-state index in [0.717, 1.165) is 6.42 Å². The fourth-order valence-electron chi connectivity index (χ4n) is 0.959. The molecule has 74 valence electrons. The fourth-order valence-corrected chi connectivity index (χ4v) is 0.959. The third-order valence-corrected chi connectivity index (χ3v) is 2.21. The van der Waals surface area contributed by atoms with Crippen molar-refractivity contribution in [2.45, 2.75) is 39.3 Å². The molecule has 2 N–H and O–H groups in total. The maximum Gasteiger partial charge on any atom is 0.307 e. The van der Waals surface area contributed by atoms with E-state index in [4.69, 9.17) is 11.5 Å². The van der Waals surface area contributed by atoms with Crippen LogP contribution in [0.15, 0.2) is 0 Å². The summed E-state index contributed by atoms with van der Waals surface area (Å²) in [4.78, 5) is 10.6. The average Bonchev–Trinajstić information content (AvgIpc) is 2.12. The highest BCUT2D eigenvalue weighted by Gasteiger charge is 2.20. The summed E-state index contributed by atoms with van der Waals surface area (Å²) in [5.74, 6) is 1.36. The molecule has 3 nitrogen and oxygen atoms in total. The van der Waals surface area contributed by atoms with E-state index in [1.807, 2.05) is 13.8 Å². The van der Waals surface area contributed by atoms with Gasteiger partial charge < -0.3 is 10.4 Å². The molecule has 0 spiro atoms. The second-order valence-corrected chi connectivity index (χ2v) is 3.21. The van der Waals surface area contributed by atoms with Gasteiger partial charge in [-0.2, -0.15) is 0 Å². The minimum Gasteiger partial charge on any atom is -0.481 e. The molecule has 0 saturated carbocycles. The van der Waals surface area contributed by atoms with Crippen LogP contribution in [0.4, 0.5) is 0 Å². The molecule has 0 amide bonds. The lowest BCUT2D eigenvalue weighted by Gasteiger charge is -2.21. The fraction of sp³-hybridized carbons (Fsp3) is 0.700. The van der Waals surface area contributed by atoms with Crippen molar-refractivity contribution in [3.8, 4) is 12.3 Å². The molecule has 3 unspecified atom stereocenters. The van der Waals surface area contributed by atoms with Gasteiger partial charge in [-0.25, -0.2) is 0 Å². The Hall–Kier alpha value is -1.01. The standard InChI is InChI=1S/C10H17NO2/c1-5-9(6-2)11-8(4)7(3)10(12)13/h1,7-9,11H,6H2,2-4H3,(H,12,13). The minimum absolute atomic E-state index is 0.0307.